The summed E-state index contributed by atoms with van der Waals surface area (Å²) in [6.07, 6.45) is -49.2. The number of hydrogen-bond donors (Lipinski definition) is 19. The Morgan fingerprint density at radius 3 is 1.63 bits per heavy atom. The Morgan fingerprint density at radius 2 is 1.05 bits per heavy atom. The van der Waals surface area contributed by atoms with E-state index in [4.69, 9.17) is 71.1 Å². The fourth-order valence-electron chi connectivity index (χ4n) is 20.8. The zero-order valence-electron chi connectivity index (χ0n) is 64.3. The number of carbonyl (C=O) groups excluding carboxylic acids is 2. The molecule has 37 nitrogen and oxygen atoms in total. The van der Waals surface area contributed by atoms with Gasteiger partial charge in [0.15, 0.2) is 55.2 Å². The van der Waals surface area contributed by atoms with Crippen molar-refractivity contribution in [1.29, 1.82) is 0 Å². The number of aliphatic hydroxyl groups excluding tert-OH is 18. The van der Waals surface area contributed by atoms with Gasteiger partial charge < -0.3 is 168 Å². The molecule has 11 aliphatic rings. The summed E-state index contributed by atoms with van der Waals surface area (Å²) in [6, 6.07) is 4.83. The third kappa shape index (κ3) is 15.6. The monoisotopic (exact) mass is 1620 g/mol. The van der Waals surface area contributed by atoms with E-state index in [0.717, 1.165) is 11.6 Å². The van der Waals surface area contributed by atoms with Crippen LogP contribution < -0.4 is 9.47 Å². The number of esters is 2. The molecule has 4 saturated carbocycles. The second kappa shape index (κ2) is 34.0. The molecule has 39 atom stereocenters. The maximum atomic E-state index is 16.1. The molecule has 5 aliphatic carbocycles. The first-order chi connectivity index (χ1) is 53.3. The Balaban J connectivity index is 0.814. The highest BCUT2D eigenvalue weighted by Crippen LogP contribution is 2.76. The highest BCUT2D eigenvalue weighted by atomic mass is 16.8. The zero-order chi connectivity index (χ0) is 82.4. The Labute approximate surface area is 651 Å². The van der Waals surface area contributed by atoms with Gasteiger partial charge in [-0.05, 0) is 136 Å². The first-order valence-electron chi connectivity index (χ1n) is 38.7. The zero-order valence-corrected chi connectivity index (χ0v) is 64.3. The highest BCUT2D eigenvalue weighted by molar-refractivity contribution is 5.87. The molecule has 6 aliphatic heterocycles. The molecule has 10 fully saturated rings. The van der Waals surface area contributed by atoms with E-state index in [0.29, 0.717) is 42.7 Å². The number of carboxylic acid groups (broad SMARTS) is 1. The van der Waals surface area contributed by atoms with E-state index in [1.165, 1.54) is 41.1 Å². The summed E-state index contributed by atoms with van der Waals surface area (Å²) in [5.74, 6) is -4.14. The van der Waals surface area contributed by atoms with Gasteiger partial charge in [-0.2, -0.15) is 0 Å². The number of fused-ring (bicyclic) bond motifs is 7. The van der Waals surface area contributed by atoms with E-state index in [1.54, 1.807) is 18.2 Å². The molecular formula is C76H114O37. The van der Waals surface area contributed by atoms with Crippen molar-refractivity contribution in [3.8, 4) is 11.5 Å². The molecular weight excluding hydrogens is 1500 g/mol. The molecule has 640 valence electrons. The lowest BCUT2D eigenvalue weighted by atomic mass is 9.33. The summed E-state index contributed by atoms with van der Waals surface area (Å²) in [5.41, 5.74) is -5.30. The Bertz CT molecular complexity index is 3530. The van der Waals surface area contributed by atoms with Crippen molar-refractivity contribution < 1.29 is 182 Å². The van der Waals surface area contributed by atoms with Gasteiger partial charge in [0.2, 0.25) is 6.29 Å². The van der Waals surface area contributed by atoms with Crippen molar-refractivity contribution in [2.24, 2.45) is 50.2 Å². The van der Waals surface area contributed by atoms with Gasteiger partial charge in [-0.1, -0.05) is 45.4 Å². The van der Waals surface area contributed by atoms with Crippen LogP contribution in [-0.2, 0) is 76.0 Å². The molecule has 3 unspecified atom stereocenters. The number of carboxylic acids is 1. The van der Waals surface area contributed by atoms with Crippen molar-refractivity contribution >= 4 is 24.0 Å². The summed E-state index contributed by atoms with van der Waals surface area (Å²) >= 11 is 0. The molecule has 1 aromatic carbocycles. The van der Waals surface area contributed by atoms with Gasteiger partial charge in [-0.3, -0.25) is 9.59 Å². The standard InChI is InChI=1S/C76H114O37/c1-30-58(109-63-57(95)60(110-66-53(91)49(87)46(84)39(26-78)105-66)41(28-101-63)107-65-52(90)48(86)45(83)38(25-77)104-65)51(89)55(93)64(102-30)111-61-56(94)59(108-44(82)15-11-32-10-13-36(99-8)37(22-32)100-9)31(2)103-68(61)113-70(98)75-19-18-71(3,4)23-34(75)33-12-14-42-72(5)24-35(81)62(112-67-54(92)50(88)47(85)40(27-79)106-67)74(7,69(96)97)43(72)16-17-73(42,6)76(33,29-80)21-20-75/h10-13,15,22,30-31,34-35,38-43,45-68,77-81,83-95H,14,16-21,23-29H2,1-9H3,(H,96,97)/b15-11+/t30-,31+,34?,35+,38-,39-,40-,41-,42?,43?,45+,46-,47-,48+,49+,50+,51-,52-,53-,54-,55+,56-,57+,58-,59-,60+,61+,62+,63+,64+,65+,66+,67+,68-,72-,73-,74+,75+,76+/m1/s1. The first-order valence-corrected chi connectivity index (χ1v) is 38.7. The number of carbonyl (C=O) groups is 3. The minimum atomic E-state index is -2.19. The normalized spacial score (nSPS) is 49.2. The molecule has 6 heterocycles. The average Bonchev–Trinajstić information content (AvgIpc) is 0.668. The fourth-order valence-corrected chi connectivity index (χ4v) is 20.8. The Kier molecular flexibility index (Phi) is 26.4. The molecule has 113 heavy (non-hydrogen) atoms. The van der Waals surface area contributed by atoms with Gasteiger partial charge in [0.05, 0.1) is 76.4 Å². The number of rotatable bonds is 22. The van der Waals surface area contributed by atoms with Crippen LogP contribution in [0, 0.1) is 50.2 Å². The smallest absolute Gasteiger partial charge is 0.331 e. The van der Waals surface area contributed by atoms with Crippen molar-refractivity contribution in [3.05, 3.63) is 41.5 Å². The first kappa shape index (κ1) is 87.9. The summed E-state index contributed by atoms with van der Waals surface area (Å²) < 4.78 is 89.4. The lowest BCUT2D eigenvalue weighted by molar-refractivity contribution is -0.391. The van der Waals surface area contributed by atoms with E-state index in [2.05, 4.69) is 20.8 Å². The Morgan fingerprint density at radius 1 is 0.522 bits per heavy atom. The largest absolute Gasteiger partial charge is 0.493 e. The van der Waals surface area contributed by atoms with Gasteiger partial charge >= 0.3 is 17.9 Å². The minimum absolute atomic E-state index is 0.0200. The minimum Gasteiger partial charge on any atom is -0.493 e. The molecule has 0 spiro atoms. The quantitative estimate of drug-likeness (QED) is 0.0226. The van der Waals surface area contributed by atoms with Crippen LogP contribution in [-0.4, -0.2) is 353 Å². The van der Waals surface area contributed by atoms with Gasteiger partial charge in [0, 0.05) is 11.5 Å². The number of benzene rings is 1. The van der Waals surface area contributed by atoms with Gasteiger partial charge in [-0.25, -0.2) is 4.79 Å². The van der Waals surface area contributed by atoms with Crippen LogP contribution in [0.3, 0.4) is 0 Å². The lowest BCUT2D eigenvalue weighted by Crippen LogP contribution is -2.71. The number of allylic oxidation sites excluding steroid dienone is 1. The van der Waals surface area contributed by atoms with Gasteiger partial charge in [-0.15, -0.1) is 0 Å². The van der Waals surface area contributed by atoms with Crippen LogP contribution in [0.25, 0.3) is 6.08 Å². The molecule has 0 bridgehead atoms. The average molecular weight is 1620 g/mol. The van der Waals surface area contributed by atoms with E-state index in [-0.39, 0.29) is 32.1 Å². The summed E-state index contributed by atoms with van der Waals surface area (Å²) in [5, 5.41) is 212. The molecule has 12 rings (SSSR count). The molecule has 1 aromatic rings. The van der Waals surface area contributed by atoms with E-state index >= 15 is 4.79 Å². The van der Waals surface area contributed by atoms with Crippen molar-refractivity contribution in [2.45, 2.75) is 297 Å². The lowest BCUT2D eigenvalue weighted by Gasteiger charge is -2.71. The number of aliphatic hydroxyl groups is 18. The van der Waals surface area contributed by atoms with Crippen LogP contribution in [0.5, 0.6) is 11.5 Å². The number of methoxy groups -OCH3 is 2. The van der Waals surface area contributed by atoms with Gasteiger partial charge in [0.1, 0.15) is 122 Å². The molecule has 6 saturated heterocycles. The third-order valence-corrected chi connectivity index (χ3v) is 27.3. The second-order valence-corrected chi connectivity index (χ2v) is 34.1. The molecule has 0 aromatic heterocycles. The van der Waals surface area contributed by atoms with Crippen LogP contribution in [0.2, 0.25) is 0 Å². The number of ether oxygens (including phenoxy) is 15. The number of aliphatic carboxylic acids is 1. The van der Waals surface area contributed by atoms with E-state index in [9.17, 15) is 107 Å². The van der Waals surface area contributed by atoms with E-state index in [1.807, 2.05) is 13.0 Å². The predicted octanol–water partition coefficient (Wildman–Crippen LogP) is -4.40. The SMILES string of the molecule is COc1ccc(/C=C/C(=O)O[C@H]2[C@@H](O)[C@H](O[C@@H]3O[C@H](C)[C@@H](O[C@@H]4OC[C@@H](O[C@@H]5O[C@H](CO)[C@H](O)[C@H](O)[C@H]5O)[C@H](O[C@@H]5O[C@H](CO)[C@@H](O)[C@H](O)[C@H]5O)[C@@H]4O)[C@H](O)[C@@H]3O)[C@@H](OC(=O)[C@]34CCC(C)(C)CC3C3=CCC5[C@@]6(C)C[C@H](O)[C@H](O[C@@H]7O[C@H](CO)[C@@H](O)[C@H](O)[C@H]7O)[C@@](C)(C(=O)O)C6CC[C@@]5(C)[C@]3(CO)CC4)O[C@H]2C)cc1OC. The molecule has 19 N–H and O–H groups in total. The van der Waals surface area contributed by atoms with Crippen molar-refractivity contribution in [3.63, 3.8) is 0 Å². The highest BCUT2D eigenvalue weighted by Gasteiger charge is 2.74. The summed E-state index contributed by atoms with van der Waals surface area (Å²) in [7, 11) is 2.88. The van der Waals surface area contributed by atoms with E-state index < -0.39 is 292 Å². The Hall–Kier alpha value is -4.45. The fraction of sp³-hybridized carbons (Fsp3) is 0.829. The third-order valence-electron chi connectivity index (χ3n) is 27.3. The number of hydrogen-bond acceptors (Lipinski definition) is 36. The van der Waals surface area contributed by atoms with Crippen LogP contribution >= 0.6 is 0 Å². The molecule has 0 amide bonds. The summed E-state index contributed by atoms with van der Waals surface area (Å²) in [6.45, 7) is 8.76. The van der Waals surface area contributed by atoms with Crippen LogP contribution in [0.15, 0.2) is 35.9 Å². The maximum Gasteiger partial charge on any atom is 0.331 e. The maximum absolute atomic E-state index is 16.1. The van der Waals surface area contributed by atoms with Crippen LogP contribution in [0.1, 0.15) is 112 Å². The topological polar surface area (TPSA) is 574 Å². The van der Waals surface area contributed by atoms with Crippen LogP contribution in [0.4, 0.5) is 0 Å². The predicted molar refractivity (Wildman–Crippen MR) is 376 cm³/mol. The molecule has 37 heteroatoms. The molecule has 0 radical (unpaired) electrons. The van der Waals surface area contributed by atoms with Gasteiger partial charge in [0.25, 0.3) is 0 Å². The van der Waals surface area contributed by atoms with Crippen molar-refractivity contribution in [1.82, 2.24) is 0 Å². The summed E-state index contributed by atoms with van der Waals surface area (Å²) in [4.78, 5) is 44.0. The second-order valence-electron chi connectivity index (χ2n) is 34.1. The van der Waals surface area contributed by atoms with Crippen molar-refractivity contribution in [2.75, 3.05) is 47.3 Å².